The molecule has 1 saturated heterocycles. The van der Waals surface area contributed by atoms with E-state index in [1.54, 1.807) is 38.1 Å². The van der Waals surface area contributed by atoms with Crippen LogP contribution < -0.4 is 35.5 Å². The number of piperidine rings is 1. The summed E-state index contributed by atoms with van der Waals surface area (Å²) in [6, 6.07) is 20.9. The summed E-state index contributed by atoms with van der Waals surface area (Å²) in [4.78, 5) is 56.1. The maximum atomic E-state index is 14.2. The number of ether oxygens (including phenoxy) is 3. The van der Waals surface area contributed by atoms with Crippen LogP contribution in [0, 0.1) is 0 Å². The molecule has 3 aromatic carbocycles. The summed E-state index contributed by atoms with van der Waals surface area (Å²) in [6.45, 7) is 5.24. The zero-order valence-electron chi connectivity index (χ0n) is 29.1. The van der Waals surface area contributed by atoms with Crippen molar-refractivity contribution in [1.82, 2.24) is 26.2 Å². The second-order valence-electron chi connectivity index (χ2n) is 12.8. The smallest absolute Gasteiger partial charge is 0.264 e. The summed E-state index contributed by atoms with van der Waals surface area (Å²) in [5.74, 6) is -0.222. The van der Waals surface area contributed by atoms with Gasteiger partial charge in [-0.15, -0.1) is 0 Å². The summed E-state index contributed by atoms with van der Waals surface area (Å²) in [5, 5.41) is 20.4. The van der Waals surface area contributed by atoms with Crippen LogP contribution in [0.15, 0.2) is 78.9 Å². The van der Waals surface area contributed by atoms with Crippen molar-refractivity contribution in [2.75, 3.05) is 39.5 Å². The first-order valence-electron chi connectivity index (χ1n) is 17.3. The minimum atomic E-state index is -1.29. The van der Waals surface area contributed by atoms with Gasteiger partial charge in [0.1, 0.15) is 48.6 Å². The molecule has 3 aliphatic rings. The Balaban J connectivity index is 1.36. The maximum absolute atomic E-state index is 14.2. The number of hydrogen-bond acceptors (Lipinski definition) is 9. The van der Waals surface area contributed by atoms with Gasteiger partial charge < -0.3 is 40.6 Å². The van der Waals surface area contributed by atoms with Crippen molar-refractivity contribution in [3.63, 3.8) is 0 Å². The van der Waals surface area contributed by atoms with Gasteiger partial charge in [0, 0.05) is 44.5 Å². The fourth-order valence-corrected chi connectivity index (χ4v) is 6.07. The number of rotatable bonds is 7. The highest BCUT2D eigenvalue weighted by molar-refractivity contribution is 5.95. The van der Waals surface area contributed by atoms with Crippen LogP contribution in [0.25, 0.3) is 0 Å². The second kappa shape index (κ2) is 17.7. The number of carbonyl (C=O) groups excluding carboxylic acids is 4. The fraction of sp³-hybridized carbons (Fsp3) is 0.421. The molecule has 3 heterocycles. The van der Waals surface area contributed by atoms with Gasteiger partial charge in [-0.05, 0) is 49.7 Å². The van der Waals surface area contributed by atoms with E-state index in [1.807, 2.05) is 54.6 Å². The van der Waals surface area contributed by atoms with Crippen molar-refractivity contribution in [3.8, 4) is 17.2 Å². The number of nitrogens with zero attached hydrogens (tertiary/aromatic N) is 1. The molecule has 3 aromatic rings. The number of aliphatic hydroxyl groups excluding tert-OH is 1. The van der Waals surface area contributed by atoms with E-state index in [4.69, 9.17) is 14.2 Å². The molecule has 3 aliphatic heterocycles. The number of para-hydroxylation sites is 1. The summed E-state index contributed by atoms with van der Waals surface area (Å²) in [6.07, 6.45) is 0.845. The van der Waals surface area contributed by atoms with Crippen LogP contribution in [-0.2, 0) is 32.1 Å². The fourth-order valence-electron chi connectivity index (χ4n) is 6.07. The number of benzene rings is 3. The molecule has 272 valence electrons. The van der Waals surface area contributed by atoms with Gasteiger partial charge >= 0.3 is 0 Å². The Morgan fingerprint density at radius 2 is 1.47 bits per heavy atom. The highest BCUT2D eigenvalue weighted by Crippen LogP contribution is 2.32. The maximum Gasteiger partial charge on any atom is 0.264 e. The van der Waals surface area contributed by atoms with Crippen molar-refractivity contribution in [2.24, 2.45) is 0 Å². The Morgan fingerprint density at radius 3 is 2.20 bits per heavy atom. The third-order valence-corrected chi connectivity index (χ3v) is 9.01. The number of fused-ring (bicyclic) bond motifs is 15. The average molecular weight is 702 g/mol. The lowest BCUT2D eigenvalue weighted by Gasteiger charge is -2.41. The SMILES string of the molecule is C[C@@H]1NC(=O)[C@H](Cc2ccccc2)NC(=O)[C@H](C)NC(=O)C2(CCN(Cc3ccccc3OCCO)CC2)Oc2ccc(cc2)OCCNC1=O. The van der Waals surface area contributed by atoms with E-state index in [2.05, 4.69) is 26.2 Å². The van der Waals surface area contributed by atoms with Gasteiger partial charge in [0.15, 0.2) is 5.60 Å². The van der Waals surface area contributed by atoms with E-state index >= 15 is 0 Å². The van der Waals surface area contributed by atoms with Gasteiger partial charge in [0.05, 0.1) is 13.2 Å². The minimum Gasteiger partial charge on any atom is -0.492 e. The second-order valence-corrected chi connectivity index (χ2v) is 12.8. The van der Waals surface area contributed by atoms with Gasteiger partial charge in [-0.3, -0.25) is 24.1 Å². The number of nitrogens with one attached hydrogen (secondary N) is 4. The molecule has 0 aliphatic carbocycles. The predicted molar refractivity (Wildman–Crippen MR) is 189 cm³/mol. The molecular weight excluding hydrogens is 654 g/mol. The molecule has 13 nitrogen and oxygen atoms in total. The zero-order valence-corrected chi connectivity index (χ0v) is 29.1. The van der Waals surface area contributed by atoms with Crippen LogP contribution in [0.3, 0.4) is 0 Å². The highest BCUT2D eigenvalue weighted by Gasteiger charge is 2.45. The van der Waals surface area contributed by atoms with Crippen LogP contribution in [0.2, 0.25) is 0 Å². The molecule has 0 aromatic heterocycles. The molecule has 5 N–H and O–H groups in total. The number of hydrogen-bond donors (Lipinski definition) is 5. The highest BCUT2D eigenvalue weighted by atomic mass is 16.5. The summed E-state index contributed by atoms with van der Waals surface area (Å²) in [7, 11) is 0. The first-order valence-corrected chi connectivity index (χ1v) is 17.3. The monoisotopic (exact) mass is 701 g/mol. The largest absolute Gasteiger partial charge is 0.492 e. The Kier molecular flexibility index (Phi) is 12.9. The van der Waals surface area contributed by atoms with Crippen LogP contribution in [0.4, 0.5) is 0 Å². The zero-order chi connectivity index (χ0) is 36.2. The van der Waals surface area contributed by atoms with E-state index < -0.39 is 47.4 Å². The number of likely N-dealkylation sites (tertiary alicyclic amines) is 1. The normalized spacial score (nSPS) is 22.1. The van der Waals surface area contributed by atoms with Crippen LogP contribution in [-0.4, -0.2) is 96.8 Å². The number of carbonyl (C=O) groups is 4. The molecule has 13 heteroatoms. The Morgan fingerprint density at radius 1 is 0.804 bits per heavy atom. The lowest BCUT2D eigenvalue weighted by molar-refractivity contribution is -0.144. The molecule has 6 rings (SSSR count). The number of aliphatic hydroxyl groups is 1. The Bertz CT molecular complexity index is 1630. The summed E-state index contributed by atoms with van der Waals surface area (Å²) < 4.78 is 18.0. The van der Waals surface area contributed by atoms with E-state index in [1.165, 1.54) is 0 Å². The van der Waals surface area contributed by atoms with Crippen molar-refractivity contribution in [2.45, 2.75) is 63.4 Å². The van der Waals surface area contributed by atoms with E-state index in [9.17, 15) is 24.3 Å². The summed E-state index contributed by atoms with van der Waals surface area (Å²) >= 11 is 0. The third kappa shape index (κ3) is 10.2. The predicted octanol–water partition coefficient (Wildman–Crippen LogP) is 1.72. The van der Waals surface area contributed by atoms with Crippen LogP contribution in [0.1, 0.15) is 37.8 Å². The topological polar surface area (TPSA) is 168 Å². The Labute approximate surface area is 298 Å². The van der Waals surface area contributed by atoms with Crippen molar-refractivity contribution >= 4 is 23.6 Å². The van der Waals surface area contributed by atoms with Crippen molar-refractivity contribution in [1.29, 1.82) is 0 Å². The van der Waals surface area contributed by atoms with Crippen LogP contribution >= 0.6 is 0 Å². The van der Waals surface area contributed by atoms with Gasteiger partial charge in [0.2, 0.25) is 17.7 Å². The third-order valence-electron chi connectivity index (χ3n) is 9.01. The van der Waals surface area contributed by atoms with E-state index in [-0.39, 0.29) is 32.8 Å². The quantitative estimate of drug-likeness (QED) is 0.231. The molecule has 4 amide bonds. The van der Waals surface area contributed by atoms with Crippen LogP contribution in [0.5, 0.6) is 17.2 Å². The molecule has 2 bridgehead atoms. The standard InChI is InChI=1S/C38H47N5O8/c1-26-34(45)39-18-22-49-30-12-14-31(15-13-30)51-38(16-19-43(20-17-38)25-29-10-6-7-11-33(29)50-23-21-44)37(48)41-27(2)35(46)42-32(36(47)40-26)24-28-8-4-3-5-9-28/h3-15,26-27,32,44H,16-25H2,1-2H3,(H,39,45)(H,40,47)(H,41,48)(H,42,46)/t26-,27-,32-/m0/s1. The summed E-state index contributed by atoms with van der Waals surface area (Å²) in [5.41, 5.74) is 0.486. The van der Waals surface area contributed by atoms with Gasteiger partial charge in [-0.25, -0.2) is 0 Å². The molecule has 0 unspecified atom stereocenters. The molecule has 3 atom stereocenters. The van der Waals surface area contributed by atoms with Gasteiger partial charge in [-0.1, -0.05) is 48.5 Å². The minimum absolute atomic E-state index is 0.0884. The Hall–Kier alpha value is -5.14. The van der Waals surface area contributed by atoms with E-state index in [0.29, 0.717) is 49.7 Å². The van der Waals surface area contributed by atoms with Crippen molar-refractivity contribution < 1.29 is 38.5 Å². The molecule has 0 saturated carbocycles. The number of amides is 4. The van der Waals surface area contributed by atoms with E-state index in [0.717, 1.165) is 11.1 Å². The lowest BCUT2D eigenvalue weighted by Crippen LogP contribution is -2.61. The van der Waals surface area contributed by atoms with Gasteiger partial charge in [0.25, 0.3) is 5.91 Å². The van der Waals surface area contributed by atoms with Crippen molar-refractivity contribution in [3.05, 3.63) is 90.0 Å². The first-order chi connectivity index (χ1) is 24.7. The molecule has 1 fully saturated rings. The van der Waals surface area contributed by atoms with Gasteiger partial charge in [-0.2, -0.15) is 0 Å². The molecule has 51 heavy (non-hydrogen) atoms. The lowest BCUT2D eigenvalue weighted by atomic mass is 9.89. The molecule has 0 radical (unpaired) electrons. The molecule has 1 spiro atoms. The first kappa shape index (κ1) is 37.1. The average Bonchev–Trinajstić information content (AvgIpc) is 3.14. The molecular formula is C38H47N5O8.